The lowest BCUT2D eigenvalue weighted by Gasteiger charge is -2.07. The van der Waals surface area contributed by atoms with E-state index in [2.05, 4.69) is 5.32 Å². The van der Waals surface area contributed by atoms with E-state index < -0.39 is 0 Å². The largest absolute Gasteiger partial charge is 0.495 e. The zero-order valence-electron chi connectivity index (χ0n) is 8.84. The van der Waals surface area contributed by atoms with Gasteiger partial charge in [0, 0.05) is 18.7 Å². The van der Waals surface area contributed by atoms with Gasteiger partial charge in [-0.15, -0.1) is 0 Å². The van der Waals surface area contributed by atoms with Gasteiger partial charge < -0.3 is 10.1 Å². The van der Waals surface area contributed by atoms with Crippen molar-refractivity contribution in [2.24, 2.45) is 0 Å². The molecule has 0 heterocycles. The molecule has 0 saturated carbocycles. The second-order valence-corrected chi connectivity index (χ2v) is 3.64. The highest BCUT2D eigenvalue weighted by Crippen LogP contribution is 2.26. The summed E-state index contributed by atoms with van der Waals surface area (Å²) in [5, 5.41) is 3.67. The number of rotatable bonds is 5. The topological polar surface area (TPSA) is 38.3 Å². The van der Waals surface area contributed by atoms with Crippen molar-refractivity contribution in [2.45, 2.75) is 13.3 Å². The minimum Gasteiger partial charge on any atom is -0.495 e. The summed E-state index contributed by atoms with van der Waals surface area (Å²) >= 11 is 5.94. The van der Waals surface area contributed by atoms with Crippen molar-refractivity contribution in [3.05, 3.63) is 23.2 Å². The Hall–Kier alpha value is -1.22. The van der Waals surface area contributed by atoms with Crippen LogP contribution in [0.1, 0.15) is 13.3 Å². The van der Waals surface area contributed by atoms with Crippen LogP contribution in [0.25, 0.3) is 0 Å². The van der Waals surface area contributed by atoms with Crippen LogP contribution in [0.3, 0.4) is 0 Å². The fourth-order valence-electron chi connectivity index (χ4n) is 1.16. The van der Waals surface area contributed by atoms with Crippen molar-refractivity contribution in [3.63, 3.8) is 0 Å². The van der Waals surface area contributed by atoms with Crippen molar-refractivity contribution < 1.29 is 9.53 Å². The lowest BCUT2D eigenvalue weighted by Crippen LogP contribution is -2.05. The summed E-state index contributed by atoms with van der Waals surface area (Å²) in [6.45, 7) is 2.20. The van der Waals surface area contributed by atoms with E-state index >= 15 is 0 Å². The molecule has 0 aliphatic rings. The monoisotopic (exact) mass is 227 g/mol. The van der Waals surface area contributed by atoms with Crippen molar-refractivity contribution >= 4 is 23.1 Å². The van der Waals surface area contributed by atoms with Gasteiger partial charge >= 0.3 is 0 Å². The molecule has 0 aliphatic heterocycles. The fraction of sp³-hybridized carbons (Fsp3) is 0.364. The van der Waals surface area contributed by atoms with Crippen molar-refractivity contribution in [1.29, 1.82) is 0 Å². The van der Waals surface area contributed by atoms with E-state index in [0.717, 1.165) is 5.69 Å². The number of ketones is 1. The summed E-state index contributed by atoms with van der Waals surface area (Å²) in [5.74, 6) is 0.816. The van der Waals surface area contributed by atoms with Crippen molar-refractivity contribution in [1.82, 2.24) is 0 Å². The highest BCUT2D eigenvalue weighted by atomic mass is 35.5. The molecule has 0 aliphatic carbocycles. The van der Waals surface area contributed by atoms with E-state index in [1.54, 1.807) is 26.2 Å². The molecule has 4 heteroatoms. The van der Waals surface area contributed by atoms with Crippen molar-refractivity contribution in [2.75, 3.05) is 19.0 Å². The third-order valence-corrected chi connectivity index (χ3v) is 2.25. The number of carbonyl (C=O) groups excluding carboxylic acids is 1. The predicted molar refractivity (Wildman–Crippen MR) is 61.8 cm³/mol. The number of methoxy groups -OCH3 is 1. The standard InChI is InChI=1S/C11H14ClNO2/c1-8(14)5-6-13-9-3-4-11(15-2)10(12)7-9/h3-4,7,13H,5-6H2,1-2H3. The van der Waals surface area contributed by atoms with Gasteiger partial charge in [-0.2, -0.15) is 0 Å². The number of ether oxygens (including phenoxy) is 1. The highest BCUT2D eigenvalue weighted by molar-refractivity contribution is 6.32. The molecule has 1 aromatic carbocycles. The smallest absolute Gasteiger partial charge is 0.137 e. The minimum atomic E-state index is 0.169. The zero-order chi connectivity index (χ0) is 11.3. The van der Waals surface area contributed by atoms with Crippen LogP contribution in [0.2, 0.25) is 5.02 Å². The number of hydrogen-bond donors (Lipinski definition) is 1. The molecule has 1 aromatic rings. The molecule has 0 fully saturated rings. The molecule has 15 heavy (non-hydrogen) atoms. The second-order valence-electron chi connectivity index (χ2n) is 3.23. The van der Waals surface area contributed by atoms with Gasteiger partial charge in [-0.05, 0) is 25.1 Å². The van der Waals surface area contributed by atoms with E-state index in [1.165, 1.54) is 0 Å². The van der Waals surface area contributed by atoms with Gasteiger partial charge in [-0.3, -0.25) is 4.79 Å². The Morgan fingerprint density at radius 1 is 1.53 bits per heavy atom. The maximum Gasteiger partial charge on any atom is 0.137 e. The maximum absolute atomic E-state index is 10.7. The molecule has 0 amide bonds. The first-order valence-corrected chi connectivity index (χ1v) is 5.08. The van der Waals surface area contributed by atoms with Gasteiger partial charge in [0.25, 0.3) is 0 Å². The van der Waals surface area contributed by atoms with Crippen LogP contribution >= 0.6 is 11.6 Å². The summed E-state index contributed by atoms with van der Waals surface area (Å²) in [6.07, 6.45) is 0.518. The molecular weight excluding hydrogens is 214 g/mol. The van der Waals surface area contributed by atoms with E-state index in [1.807, 2.05) is 6.07 Å². The number of nitrogens with one attached hydrogen (secondary N) is 1. The molecule has 0 saturated heterocycles. The SMILES string of the molecule is COc1ccc(NCCC(C)=O)cc1Cl. The van der Waals surface area contributed by atoms with Crippen LogP contribution < -0.4 is 10.1 Å². The zero-order valence-corrected chi connectivity index (χ0v) is 9.60. The summed E-state index contributed by atoms with van der Waals surface area (Å²) < 4.78 is 5.03. The quantitative estimate of drug-likeness (QED) is 0.841. The van der Waals surface area contributed by atoms with Crippen LogP contribution in [-0.4, -0.2) is 19.4 Å². The second kappa shape index (κ2) is 5.61. The summed E-state index contributed by atoms with van der Waals surface area (Å²) in [4.78, 5) is 10.7. The highest BCUT2D eigenvalue weighted by Gasteiger charge is 2.01. The summed E-state index contributed by atoms with van der Waals surface area (Å²) in [7, 11) is 1.57. The van der Waals surface area contributed by atoms with Gasteiger partial charge in [0.1, 0.15) is 11.5 Å². The van der Waals surface area contributed by atoms with Gasteiger partial charge in [-0.25, -0.2) is 0 Å². The molecule has 82 valence electrons. The normalized spacial score (nSPS) is 9.80. The number of carbonyl (C=O) groups is 1. The molecule has 0 unspecified atom stereocenters. The average molecular weight is 228 g/mol. The van der Waals surface area contributed by atoms with Gasteiger partial charge in [-0.1, -0.05) is 11.6 Å². The first kappa shape index (κ1) is 11.9. The maximum atomic E-state index is 10.7. The minimum absolute atomic E-state index is 0.169. The van der Waals surface area contributed by atoms with E-state index in [-0.39, 0.29) is 5.78 Å². The van der Waals surface area contributed by atoms with Crippen LogP contribution in [0.5, 0.6) is 5.75 Å². The molecule has 0 radical (unpaired) electrons. The summed E-state index contributed by atoms with van der Waals surface area (Å²) in [5.41, 5.74) is 0.891. The number of anilines is 1. The first-order chi connectivity index (χ1) is 7.13. The Labute approximate surface area is 94.4 Å². The van der Waals surface area contributed by atoms with Crippen LogP contribution in [-0.2, 0) is 4.79 Å². The fourth-order valence-corrected chi connectivity index (χ4v) is 1.42. The van der Waals surface area contributed by atoms with Crippen LogP contribution in [0.15, 0.2) is 18.2 Å². The van der Waals surface area contributed by atoms with E-state index in [0.29, 0.717) is 23.7 Å². The Bertz CT molecular complexity index is 352. The number of halogens is 1. The van der Waals surface area contributed by atoms with Crippen LogP contribution in [0.4, 0.5) is 5.69 Å². The molecular formula is C11H14ClNO2. The van der Waals surface area contributed by atoms with Crippen molar-refractivity contribution in [3.8, 4) is 5.75 Å². The third kappa shape index (κ3) is 3.80. The van der Waals surface area contributed by atoms with Gasteiger partial charge in [0.2, 0.25) is 0 Å². The number of benzene rings is 1. The number of Topliss-reactive ketones (excluding diaryl/α,β-unsaturated/α-hetero) is 1. The predicted octanol–water partition coefficient (Wildman–Crippen LogP) is 2.74. The average Bonchev–Trinajstić information content (AvgIpc) is 2.17. The molecule has 0 bridgehead atoms. The van der Waals surface area contributed by atoms with Gasteiger partial charge in [0.15, 0.2) is 0 Å². The first-order valence-electron chi connectivity index (χ1n) is 4.70. The van der Waals surface area contributed by atoms with Crippen LogP contribution in [0, 0.1) is 0 Å². The lowest BCUT2D eigenvalue weighted by molar-refractivity contribution is -0.116. The molecule has 0 spiro atoms. The van der Waals surface area contributed by atoms with E-state index in [4.69, 9.17) is 16.3 Å². The third-order valence-electron chi connectivity index (χ3n) is 1.96. The molecule has 0 atom stereocenters. The Morgan fingerprint density at radius 2 is 2.27 bits per heavy atom. The Balaban J connectivity index is 2.55. The lowest BCUT2D eigenvalue weighted by atomic mass is 10.2. The number of hydrogen-bond acceptors (Lipinski definition) is 3. The van der Waals surface area contributed by atoms with E-state index in [9.17, 15) is 4.79 Å². The molecule has 1 rings (SSSR count). The Morgan fingerprint density at radius 3 is 2.80 bits per heavy atom. The Kier molecular flexibility index (Phi) is 4.43. The molecule has 1 N–H and O–H groups in total. The molecule has 0 aromatic heterocycles. The summed E-state index contributed by atoms with van der Waals surface area (Å²) in [6, 6.07) is 5.43. The van der Waals surface area contributed by atoms with Gasteiger partial charge in [0.05, 0.1) is 12.1 Å². The molecule has 3 nitrogen and oxygen atoms in total.